The number of nitrogens with one attached hydrogen (secondary N) is 1. The third-order valence-corrected chi connectivity index (χ3v) is 7.47. The first-order valence-electron chi connectivity index (χ1n) is 9.89. The maximum Gasteiger partial charge on any atom is 0.244 e. The fourth-order valence-corrected chi connectivity index (χ4v) is 4.86. The summed E-state index contributed by atoms with van der Waals surface area (Å²) < 4.78 is 27.1. The molecular formula is C22H29N3O3S. The van der Waals surface area contributed by atoms with Gasteiger partial charge in [-0.2, -0.15) is 4.31 Å². The summed E-state index contributed by atoms with van der Waals surface area (Å²) in [4.78, 5) is 13.0. The fraction of sp³-hybridized carbons (Fsp3) is 0.409. The molecule has 29 heavy (non-hydrogen) atoms. The zero-order chi connectivity index (χ0) is 21.2. The number of aryl methyl sites for hydroxylation is 1. The van der Waals surface area contributed by atoms with E-state index in [4.69, 9.17) is 5.73 Å². The number of nitrogens with zero attached hydrogens (tertiary/aromatic N) is 1. The molecule has 0 atom stereocenters. The lowest BCUT2D eigenvalue weighted by atomic mass is 9.88. The van der Waals surface area contributed by atoms with Crippen molar-refractivity contribution in [3.63, 3.8) is 0 Å². The molecule has 2 aromatic carbocycles. The summed E-state index contributed by atoms with van der Waals surface area (Å²) in [7, 11) is -3.58. The second kappa shape index (κ2) is 8.26. The van der Waals surface area contributed by atoms with Crippen LogP contribution < -0.4 is 11.1 Å². The second-order valence-corrected chi connectivity index (χ2v) is 10.0. The van der Waals surface area contributed by atoms with E-state index in [2.05, 4.69) is 19.2 Å². The zero-order valence-corrected chi connectivity index (χ0v) is 18.0. The molecule has 0 aromatic heterocycles. The van der Waals surface area contributed by atoms with Crippen molar-refractivity contribution < 1.29 is 13.2 Å². The van der Waals surface area contributed by atoms with Crippen LogP contribution in [0.5, 0.6) is 0 Å². The number of piperidine rings is 1. The molecule has 0 saturated carbocycles. The highest BCUT2D eigenvalue weighted by Crippen LogP contribution is 2.27. The van der Waals surface area contributed by atoms with Crippen LogP contribution in [0.15, 0.2) is 53.4 Å². The van der Waals surface area contributed by atoms with Gasteiger partial charge >= 0.3 is 0 Å². The smallest absolute Gasteiger partial charge is 0.244 e. The molecule has 0 aliphatic carbocycles. The van der Waals surface area contributed by atoms with Gasteiger partial charge in [-0.05, 0) is 55.5 Å². The molecule has 1 saturated heterocycles. The molecule has 6 nitrogen and oxygen atoms in total. The largest absolute Gasteiger partial charge is 0.324 e. The van der Waals surface area contributed by atoms with Gasteiger partial charge in [0.1, 0.15) is 0 Å². The van der Waals surface area contributed by atoms with E-state index < -0.39 is 15.6 Å². The van der Waals surface area contributed by atoms with Crippen LogP contribution in [0.2, 0.25) is 0 Å². The van der Waals surface area contributed by atoms with Crippen molar-refractivity contribution in [3.05, 3.63) is 59.7 Å². The maximum atomic E-state index is 12.8. The van der Waals surface area contributed by atoms with E-state index in [1.165, 1.54) is 9.87 Å². The monoisotopic (exact) mass is 415 g/mol. The Morgan fingerprint density at radius 1 is 1.03 bits per heavy atom. The van der Waals surface area contributed by atoms with Crippen molar-refractivity contribution in [2.75, 3.05) is 18.4 Å². The van der Waals surface area contributed by atoms with Crippen molar-refractivity contribution in [3.8, 4) is 0 Å². The maximum absolute atomic E-state index is 12.8. The molecule has 3 rings (SSSR count). The van der Waals surface area contributed by atoms with Gasteiger partial charge < -0.3 is 11.1 Å². The van der Waals surface area contributed by atoms with Crippen LogP contribution in [-0.2, 0) is 14.8 Å². The molecule has 2 aromatic rings. The van der Waals surface area contributed by atoms with Gasteiger partial charge in [-0.25, -0.2) is 8.42 Å². The molecule has 1 fully saturated rings. The Kier molecular flexibility index (Phi) is 6.12. The molecule has 1 aliphatic rings. The van der Waals surface area contributed by atoms with E-state index in [-0.39, 0.29) is 36.7 Å². The van der Waals surface area contributed by atoms with Gasteiger partial charge in [-0.1, -0.05) is 43.7 Å². The lowest BCUT2D eigenvalue weighted by Gasteiger charge is -2.37. The number of hydrogen-bond donors (Lipinski definition) is 2. The standard InChI is InChI=1S/C22H29N3O3S/c1-16(2)18-6-8-19(9-7-18)24-21(26)22(23)12-14-25(15-13-22)29(27,28)20-10-4-17(3)5-11-20/h4-11,16H,12-15,23H2,1-3H3,(H,24,26). The summed E-state index contributed by atoms with van der Waals surface area (Å²) in [5.74, 6) is 0.141. The van der Waals surface area contributed by atoms with Crippen molar-refractivity contribution in [2.45, 2.75) is 50.0 Å². The molecule has 1 aliphatic heterocycles. The zero-order valence-electron chi connectivity index (χ0n) is 17.2. The van der Waals surface area contributed by atoms with Gasteiger partial charge in [0.15, 0.2) is 0 Å². The number of rotatable bonds is 5. The third kappa shape index (κ3) is 4.69. The normalized spacial score (nSPS) is 17.3. The number of carbonyl (C=O) groups excluding carboxylic acids is 1. The lowest BCUT2D eigenvalue weighted by molar-refractivity contribution is -0.122. The Balaban J connectivity index is 1.65. The molecule has 0 unspecified atom stereocenters. The summed E-state index contributed by atoms with van der Waals surface area (Å²) >= 11 is 0. The summed E-state index contributed by atoms with van der Waals surface area (Å²) in [5, 5.41) is 2.88. The van der Waals surface area contributed by atoms with E-state index in [0.29, 0.717) is 11.6 Å². The van der Waals surface area contributed by atoms with Crippen molar-refractivity contribution in [1.82, 2.24) is 4.31 Å². The van der Waals surface area contributed by atoms with Crippen LogP contribution in [0, 0.1) is 6.92 Å². The molecule has 156 valence electrons. The van der Waals surface area contributed by atoms with Gasteiger partial charge in [0.05, 0.1) is 10.4 Å². The SMILES string of the molecule is Cc1ccc(S(=O)(=O)N2CCC(N)(C(=O)Nc3ccc(C(C)C)cc3)CC2)cc1. The van der Waals surface area contributed by atoms with Crippen LogP contribution in [-0.4, -0.2) is 37.3 Å². The topological polar surface area (TPSA) is 92.5 Å². The van der Waals surface area contributed by atoms with Crippen LogP contribution in [0.1, 0.15) is 43.7 Å². The Morgan fingerprint density at radius 2 is 1.59 bits per heavy atom. The molecule has 0 radical (unpaired) electrons. The first-order valence-corrected chi connectivity index (χ1v) is 11.3. The average molecular weight is 416 g/mol. The number of anilines is 1. The van der Waals surface area contributed by atoms with Gasteiger partial charge in [0, 0.05) is 18.8 Å². The average Bonchev–Trinajstić information content (AvgIpc) is 2.69. The van der Waals surface area contributed by atoms with E-state index in [0.717, 1.165) is 5.56 Å². The van der Waals surface area contributed by atoms with E-state index >= 15 is 0 Å². The first-order chi connectivity index (χ1) is 13.6. The molecule has 0 spiro atoms. The Hall–Kier alpha value is -2.22. The number of carbonyl (C=O) groups is 1. The van der Waals surface area contributed by atoms with Crippen LogP contribution >= 0.6 is 0 Å². The molecule has 1 amide bonds. The van der Waals surface area contributed by atoms with Crippen LogP contribution in [0.3, 0.4) is 0 Å². The van der Waals surface area contributed by atoms with Crippen molar-refractivity contribution >= 4 is 21.6 Å². The summed E-state index contributed by atoms with van der Waals surface area (Å²) in [6.45, 7) is 6.57. The minimum atomic E-state index is -3.58. The number of hydrogen-bond acceptors (Lipinski definition) is 4. The van der Waals surface area contributed by atoms with Crippen LogP contribution in [0.25, 0.3) is 0 Å². The van der Waals surface area contributed by atoms with Crippen molar-refractivity contribution in [1.29, 1.82) is 0 Å². The number of sulfonamides is 1. The predicted molar refractivity (Wildman–Crippen MR) is 115 cm³/mol. The quantitative estimate of drug-likeness (QED) is 0.784. The molecular weight excluding hydrogens is 386 g/mol. The Morgan fingerprint density at radius 3 is 2.10 bits per heavy atom. The minimum Gasteiger partial charge on any atom is -0.324 e. The predicted octanol–water partition coefficient (Wildman–Crippen LogP) is 3.24. The second-order valence-electron chi connectivity index (χ2n) is 8.10. The number of benzene rings is 2. The number of nitrogens with two attached hydrogens (primary N) is 1. The van der Waals surface area contributed by atoms with E-state index in [1.807, 2.05) is 31.2 Å². The fourth-order valence-electron chi connectivity index (χ4n) is 3.42. The van der Waals surface area contributed by atoms with Gasteiger partial charge in [-0.3, -0.25) is 4.79 Å². The Bertz CT molecular complexity index is 959. The van der Waals surface area contributed by atoms with Gasteiger partial charge in [-0.15, -0.1) is 0 Å². The highest BCUT2D eigenvalue weighted by molar-refractivity contribution is 7.89. The minimum absolute atomic E-state index is 0.215. The van der Waals surface area contributed by atoms with E-state index in [1.54, 1.807) is 24.3 Å². The summed E-state index contributed by atoms with van der Waals surface area (Å²) in [6, 6.07) is 14.5. The van der Waals surface area contributed by atoms with E-state index in [9.17, 15) is 13.2 Å². The molecule has 1 heterocycles. The highest BCUT2D eigenvalue weighted by Gasteiger charge is 2.41. The Labute approximate surface area is 173 Å². The molecule has 7 heteroatoms. The molecule has 3 N–H and O–H groups in total. The third-order valence-electron chi connectivity index (χ3n) is 5.56. The first kappa shape index (κ1) is 21.5. The molecule has 0 bridgehead atoms. The van der Waals surface area contributed by atoms with Crippen LogP contribution in [0.4, 0.5) is 5.69 Å². The number of amides is 1. The highest BCUT2D eigenvalue weighted by atomic mass is 32.2. The van der Waals surface area contributed by atoms with Crippen molar-refractivity contribution in [2.24, 2.45) is 5.73 Å². The van der Waals surface area contributed by atoms with Gasteiger partial charge in [0.2, 0.25) is 15.9 Å². The summed E-state index contributed by atoms with van der Waals surface area (Å²) in [6.07, 6.45) is 0.544. The summed E-state index contributed by atoms with van der Waals surface area (Å²) in [5.41, 5.74) is 8.16. The lowest BCUT2D eigenvalue weighted by Crippen LogP contribution is -2.58. The van der Waals surface area contributed by atoms with Gasteiger partial charge in [0.25, 0.3) is 0 Å².